The number of fused-ring (bicyclic) bond motifs is 1. The minimum atomic E-state index is 0.665. The average molecular weight is 189 g/mol. The summed E-state index contributed by atoms with van der Waals surface area (Å²) in [6, 6.07) is 14.6. The molecule has 1 nitrogen and oxygen atoms in total. The van der Waals surface area contributed by atoms with Gasteiger partial charge in [-0.15, -0.1) is 0 Å². The van der Waals surface area contributed by atoms with Gasteiger partial charge >= 0.3 is 0 Å². The Balaban J connectivity index is 2.49. The summed E-state index contributed by atoms with van der Waals surface area (Å²) in [5, 5.41) is 5.69. The van der Waals surface area contributed by atoms with Gasteiger partial charge in [-0.25, -0.2) is 0 Å². The lowest BCUT2D eigenvalue weighted by Gasteiger charge is -2.03. The first-order chi connectivity index (χ1) is 6.40. The van der Waals surface area contributed by atoms with Gasteiger partial charge in [0, 0.05) is 5.69 Å². The van der Waals surface area contributed by atoms with Crippen LogP contribution in [0, 0.1) is 0 Å². The number of thiol groups is 1. The molecule has 0 saturated carbocycles. The van der Waals surface area contributed by atoms with E-state index in [0.717, 1.165) is 5.69 Å². The fraction of sp³-hybridized carbons (Fsp3) is 0.0909. The van der Waals surface area contributed by atoms with Gasteiger partial charge in [-0.1, -0.05) is 30.3 Å². The Morgan fingerprint density at radius 1 is 1.00 bits per heavy atom. The van der Waals surface area contributed by atoms with Crippen LogP contribution in [0.25, 0.3) is 10.8 Å². The van der Waals surface area contributed by atoms with Gasteiger partial charge in [0.25, 0.3) is 0 Å². The van der Waals surface area contributed by atoms with Crippen LogP contribution < -0.4 is 5.32 Å². The average Bonchev–Trinajstić information content (AvgIpc) is 2.18. The molecule has 0 unspecified atom stereocenters. The molecule has 13 heavy (non-hydrogen) atoms. The fourth-order valence-corrected chi connectivity index (χ4v) is 1.57. The molecule has 0 spiro atoms. The van der Waals surface area contributed by atoms with Gasteiger partial charge in [0.2, 0.25) is 0 Å². The monoisotopic (exact) mass is 189 g/mol. The highest BCUT2D eigenvalue weighted by atomic mass is 32.1. The van der Waals surface area contributed by atoms with E-state index in [9.17, 15) is 0 Å². The lowest BCUT2D eigenvalue weighted by atomic mass is 10.1. The first kappa shape index (κ1) is 8.45. The minimum absolute atomic E-state index is 0.665. The molecule has 0 bridgehead atoms. The lowest BCUT2D eigenvalue weighted by molar-refractivity contribution is 1.49. The second kappa shape index (κ2) is 3.71. The molecule has 2 aromatic rings. The highest BCUT2D eigenvalue weighted by molar-refractivity contribution is 7.80. The fourth-order valence-electron chi connectivity index (χ4n) is 1.39. The zero-order valence-corrected chi connectivity index (χ0v) is 8.09. The van der Waals surface area contributed by atoms with Crippen molar-refractivity contribution in [1.82, 2.24) is 0 Å². The van der Waals surface area contributed by atoms with E-state index in [1.807, 2.05) is 12.1 Å². The van der Waals surface area contributed by atoms with Crippen molar-refractivity contribution in [2.24, 2.45) is 0 Å². The minimum Gasteiger partial charge on any atom is -0.376 e. The van der Waals surface area contributed by atoms with Crippen molar-refractivity contribution < 1.29 is 0 Å². The third-order valence-electron chi connectivity index (χ3n) is 2.03. The van der Waals surface area contributed by atoms with Crippen molar-refractivity contribution in [2.75, 3.05) is 11.2 Å². The maximum Gasteiger partial charge on any atom is 0.0581 e. The maximum absolute atomic E-state index is 4.12. The van der Waals surface area contributed by atoms with E-state index in [0.29, 0.717) is 5.88 Å². The first-order valence-corrected chi connectivity index (χ1v) is 4.87. The third kappa shape index (κ3) is 1.78. The quantitative estimate of drug-likeness (QED) is 0.546. The standard InChI is InChI=1S/C11H11NS/c13-8-12-11-6-5-9-3-1-2-4-10(9)7-11/h1-7,12-13H,8H2. The molecule has 2 aromatic carbocycles. The van der Waals surface area contributed by atoms with Crippen molar-refractivity contribution in [2.45, 2.75) is 0 Å². The molecule has 2 heteroatoms. The number of anilines is 1. The Labute approximate surface area is 83.2 Å². The highest BCUT2D eigenvalue weighted by Crippen LogP contribution is 2.18. The summed E-state index contributed by atoms with van der Waals surface area (Å²) >= 11 is 4.12. The van der Waals surface area contributed by atoms with Crippen LogP contribution in [-0.4, -0.2) is 5.88 Å². The molecule has 0 fully saturated rings. The number of rotatable bonds is 2. The maximum atomic E-state index is 4.12. The molecule has 0 aliphatic rings. The molecule has 0 aliphatic heterocycles. The van der Waals surface area contributed by atoms with Gasteiger partial charge in [-0.05, 0) is 22.9 Å². The summed E-state index contributed by atoms with van der Waals surface area (Å²) < 4.78 is 0. The van der Waals surface area contributed by atoms with Crippen LogP contribution >= 0.6 is 12.6 Å². The molecule has 0 aromatic heterocycles. The molecule has 0 saturated heterocycles. The summed E-state index contributed by atoms with van der Waals surface area (Å²) in [6.45, 7) is 0. The van der Waals surface area contributed by atoms with E-state index in [1.54, 1.807) is 0 Å². The normalized spacial score (nSPS) is 10.2. The lowest BCUT2D eigenvalue weighted by Crippen LogP contribution is -1.93. The zero-order valence-electron chi connectivity index (χ0n) is 7.20. The van der Waals surface area contributed by atoms with Crippen LogP contribution in [0.15, 0.2) is 42.5 Å². The van der Waals surface area contributed by atoms with Gasteiger partial charge < -0.3 is 5.32 Å². The SMILES string of the molecule is SCNc1ccc2ccccc2c1. The molecule has 0 aliphatic carbocycles. The molecule has 2 rings (SSSR count). The topological polar surface area (TPSA) is 12.0 Å². The smallest absolute Gasteiger partial charge is 0.0581 e. The summed E-state index contributed by atoms with van der Waals surface area (Å²) in [4.78, 5) is 0. The third-order valence-corrected chi connectivity index (χ3v) is 2.19. The molecule has 0 atom stereocenters. The number of benzene rings is 2. The highest BCUT2D eigenvalue weighted by Gasteiger charge is 1.93. The Morgan fingerprint density at radius 3 is 2.54 bits per heavy atom. The van der Waals surface area contributed by atoms with E-state index < -0.39 is 0 Å². The Hall–Kier alpha value is -1.15. The van der Waals surface area contributed by atoms with Crippen molar-refractivity contribution in [3.8, 4) is 0 Å². The zero-order chi connectivity index (χ0) is 9.10. The number of hydrogen-bond donors (Lipinski definition) is 2. The van der Waals surface area contributed by atoms with Crippen molar-refractivity contribution in [3.05, 3.63) is 42.5 Å². The van der Waals surface area contributed by atoms with Gasteiger partial charge in [0.15, 0.2) is 0 Å². The second-order valence-electron chi connectivity index (χ2n) is 2.90. The largest absolute Gasteiger partial charge is 0.376 e. The molecular formula is C11H11NS. The van der Waals surface area contributed by atoms with Crippen LogP contribution in [0.4, 0.5) is 5.69 Å². The molecule has 66 valence electrons. The number of hydrogen-bond acceptors (Lipinski definition) is 2. The van der Waals surface area contributed by atoms with Crippen LogP contribution in [-0.2, 0) is 0 Å². The van der Waals surface area contributed by atoms with Crippen molar-refractivity contribution in [1.29, 1.82) is 0 Å². The summed E-state index contributed by atoms with van der Waals surface area (Å²) in [7, 11) is 0. The Bertz CT molecular complexity index is 412. The van der Waals surface area contributed by atoms with E-state index >= 15 is 0 Å². The van der Waals surface area contributed by atoms with Gasteiger partial charge in [0.05, 0.1) is 5.88 Å². The predicted molar refractivity (Wildman–Crippen MR) is 61.4 cm³/mol. The van der Waals surface area contributed by atoms with E-state index in [-0.39, 0.29) is 0 Å². The molecule has 0 heterocycles. The summed E-state index contributed by atoms with van der Waals surface area (Å²) in [6.07, 6.45) is 0. The van der Waals surface area contributed by atoms with Gasteiger partial charge in [-0.3, -0.25) is 0 Å². The number of nitrogens with one attached hydrogen (secondary N) is 1. The molecule has 1 N–H and O–H groups in total. The van der Waals surface area contributed by atoms with Crippen molar-refractivity contribution in [3.63, 3.8) is 0 Å². The van der Waals surface area contributed by atoms with Crippen LogP contribution in [0.1, 0.15) is 0 Å². The van der Waals surface area contributed by atoms with E-state index in [2.05, 4.69) is 48.3 Å². The van der Waals surface area contributed by atoms with Crippen LogP contribution in [0.2, 0.25) is 0 Å². The predicted octanol–water partition coefficient (Wildman–Crippen LogP) is 3.14. The second-order valence-corrected chi connectivity index (χ2v) is 3.21. The Morgan fingerprint density at radius 2 is 1.77 bits per heavy atom. The summed E-state index contributed by atoms with van der Waals surface area (Å²) in [5.41, 5.74) is 1.12. The van der Waals surface area contributed by atoms with Gasteiger partial charge in [0.1, 0.15) is 0 Å². The van der Waals surface area contributed by atoms with Crippen LogP contribution in [0.5, 0.6) is 0 Å². The molecular weight excluding hydrogens is 178 g/mol. The van der Waals surface area contributed by atoms with Crippen LogP contribution in [0.3, 0.4) is 0 Å². The van der Waals surface area contributed by atoms with E-state index in [4.69, 9.17) is 0 Å². The molecule has 0 radical (unpaired) electrons. The van der Waals surface area contributed by atoms with E-state index in [1.165, 1.54) is 10.8 Å². The molecule has 0 amide bonds. The van der Waals surface area contributed by atoms with Crippen molar-refractivity contribution >= 4 is 29.1 Å². The first-order valence-electron chi connectivity index (χ1n) is 4.24. The summed E-state index contributed by atoms with van der Waals surface area (Å²) in [5.74, 6) is 0.665. The van der Waals surface area contributed by atoms with Gasteiger partial charge in [-0.2, -0.15) is 12.6 Å². The Kier molecular flexibility index (Phi) is 2.41.